The van der Waals surface area contributed by atoms with Crippen LogP contribution in [0.25, 0.3) is 0 Å². The van der Waals surface area contributed by atoms with Gasteiger partial charge >= 0.3 is 11.9 Å². The third-order valence-corrected chi connectivity index (χ3v) is 9.00. The lowest BCUT2D eigenvalue weighted by Crippen LogP contribution is -2.28. The van der Waals surface area contributed by atoms with Gasteiger partial charge in [0.15, 0.2) is 17.3 Å². The zero-order valence-electron chi connectivity index (χ0n) is 28.6. The molecule has 0 radical (unpaired) electrons. The Labute approximate surface area is 277 Å². The lowest BCUT2D eigenvalue weighted by atomic mass is 9.85. The molecule has 0 spiro atoms. The summed E-state index contributed by atoms with van der Waals surface area (Å²) in [7, 11) is 0. The zero-order chi connectivity index (χ0) is 34.5. The van der Waals surface area contributed by atoms with Crippen LogP contribution in [0, 0.1) is 13.8 Å². The number of carboxylic acid groups (broad SMARTS) is 2. The van der Waals surface area contributed by atoms with Gasteiger partial charge in [-0.25, -0.2) is 9.59 Å². The van der Waals surface area contributed by atoms with E-state index in [-0.39, 0.29) is 32.2 Å². The summed E-state index contributed by atoms with van der Waals surface area (Å²) in [6, 6.07) is 5.77. The lowest BCUT2D eigenvalue weighted by Gasteiger charge is -2.30. The molecule has 0 saturated carbocycles. The van der Waals surface area contributed by atoms with Crippen molar-refractivity contribution < 1.29 is 48.3 Å². The number of allylic oxidation sites excluding steroid dienone is 2. The number of ketones is 1. The van der Waals surface area contributed by atoms with Gasteiger partial charge in [-0.1, -0.05) is 17.7 Å². The van der Waals surface area contributed by atoms with Gasteiger partial charge in [-0.15, -0.1) is 0 Å². The van der Waals surface area contributed by atoms with Gasteiger partial charge in [-0.2, -0.15) is 0 Å². The molecular weight excluding hydrogens is 604 g/mol. The highest BCUT2D eigenvalue weighted by Gasteiger charge is 2.34. The number of carbonyl (C=O) groups excluding carboxylic acids is 1. The summed E-state index contributed by atoms with van der Waals surface area (Å²) in [5, 5.41) is 17.9. The van der Waals surface area contributed by atoms with Crippen LogP contribution < -0.4 is 14.2 Å². The fourth-order valence-corrected chi connectivity index (χ4v) is 6.26. The minimum atomic E-state index is -1.00. The van der Waals surface area contributed by atoms with E-state index in [0.717, 1.165) is 47.1 Å². The average Bonchev–Trinajstić information content (AvgIpc) is 3.46. The van der Waals surface area contributed by atoms with Crippen molar-refractivity contribution in [1.82, 2.24) is 0 Å². The Morgan fingerprint density at radius 3 is 2.28 bits per heavy atom. The molecule has 10 nitrogen and oxygen atoms in total. The largest absolute Gasteiger partial charge is 0.484 e. The Bertz CT molecular complexity index is 1530. The van der Waals surface area contributed by atoms with E-state index in [1.165, 1.54) is 5.57 Å². The molecule has 4 rings (SSSR count). The molecule has 0 aliphatic carbocycles. The molecule has 47 heavy (non-hydrogen) atoms. The molecule has 0 amide bonds. The Hall–Kier alpha value is -3.89. The minimum absolute atomic E-state index is 0.0134. The van der Waals surface area contributed by atoms with Crippen LogP contribution in [-0.4, -0.2) is 59.1 Å². The van der Waals surface area contributed by atoms with Crippen LogP contribution >= 0.6 is 0 Å². The molecular formula is C37H48O10. The molecule has 2 aromatic carbocycles. The molecule has 2 aliphatic heterocycles. The maximum Gasteiger partial charge on any atom is 0.329 e. The second kappa shape index (κ2) is 14.9. The van der Waals surface area contributed by atoms with Crippen LogP contribution in [0.5, 0.6) is 17.2 Å². The van der Waals surface area contributed by atoms with Crippen LogP contribution in [0.1, 0.15) is 111 Å². The topological polar surface area (TPSA) is 138 Å². The molecule has 2 aromatic rings. The van der Waals surface area contributed by atoms with E-state index in [2.05, 4.69) is 13.0 Å². The van der Waals surface area contributed by atoms with Crippen LogP contribution in [0.2, 0.25) is 0 Å². The van der Waals surface area contributed by atoms with Crippen molar-refractivity contribution in [2.24, 2.45) is 0 Å². The van der Waals surface area contributed by atoms with Gasteiger partial charge in [0, 0.05) is 11.1 Å². The van der Waals surface area contributed by atoms with Gasteiger partial charge in [-0.05, 0) is 116 Å². The highest BCUT2D eigenvalue weighted by Crippen LogP contribution is 2.45. The van der Waals surface area contributed by atoms with Crippen LogP contribution in [0.3, 0.4) is 0 Å². The second-order valence-corrected chi connectivity index (χ2v) is 13.8. The highest BCUT2D eigenvalue weighted by molar-refractivity contribution is 6.02. The first-order valence-corrected chi connectivity index (χ1v) is 16.2. The van der Waals surface area contributed by atoms with Gasteiger partial charge in [0.25, 0.3) is 0 Å². The Kier molecular flexibility index (Phi) is 11.4. The van der Waals surface area contributed by atoms with E-state index in [9.17, 15) is 14.4 Å². The third kappa shape index (κ3) is 9.35. The van der Waals surface area contributed by atoms with Gasteiger partial charge < -0.3 is 33.9 Å². The highest BCUT2D eigenvalue weighted by atomic mass is 16.7. The van der Waals surface area contributed by atoms with Crippen molar-refractivity contribution >= 4 is 17.7 Å². The van der Waals surface area contributed by atoms with Gasteiger partial charge in [-0.3, -0.25) is 4.79 Å². The number of aryl methyl sites for hydroxylation is 1. The first kappa shape index (κ1) is 36.0. The standard InChI is InChI=1S/C37H48O10/c1-22(9-8-15-36(4,5)45-19-32(39)40)10-11-27-26(12-13-29-35(27)44-21-43-29)30-18-28(38)34-24(3)25(23(2)17-31(34)47-30)14-16-37(6,7)46-20-33(41)42/h10,12-13,17,30H,8-9,11,14-16,18-21H2,1-7H3,(H,39,40)(H,41,42)/b22-10+. The van der Waals surface area contributed by atoms with Crippen LogP contribution in [0.15, 0.2) is 29.8 Å². The summed E-state index contributed by atoms with van der Waals surface area (Å²) in [5.41, 5.74) is 5.38. The van der Waals surface area contributed by atoms with E-state index in [1.54, 1.807) is 0 Å². The van der Waals surface area contributed by atoms with Gasteiger partial charge in [0.2, 0.25) is 6.79 Å². The molecule has 0 fully saturated rings. The van der Waals surface area contributed by atoms with Crippen LogP contribution in [0.4, 0.5) is 0 Å². The third-order valence-electron chi connectivity index (χ3n) is 9.00. The predicted molar refractivity (Wildman–Crippen MR) is 176 cm³/mol. The van der Waals surface area contributed by atoms with E-state index < -0.39 is 29.2 Å². The lowest BCUT2D eigenvalue weighted by molar-refractivity contribution is -0.149. The maximum atomic E-state index is 13.7. The van der Waals surface area contributed by atoms with Crippen molar-refractivity contribution in [2.45, 2.75) is 111 Å². The number of carbonyl (C=O) groups is 3. The molecule has 2 aliphatic rings. The Morgan fingerprint density at radius 1 is 0.957 bits per heavy atom. The first-order chi connectivity index (χ1) is 22.1. The molecule has 256 valence electrons. The monoisotopic (exact) mass is 652 g/mol. The predicted octanol–water partition coefficient (Wildman–Crippen LogP) is 7.09. The number of ether oxygens (including phenoxy) is 5. The molecule has 2 N–H and O–H groups in total. The fourth-order valence-electron chi connectivity index (χ4n) is 6.26. The zero-order valence-corrected chi connectivity index (χ0v) is 28.6. The van der Waals surface area contributed by atoms with Gasteiger partial charge in [0.1, 0.15) is 25.1 Å². The summed E-state index contributed by atoms with van der Waals surface area (Å²) in [6.45, 7) is 13.0. The number of carboxylic acids is 2. The normalized spacial score (nSPS) is 16.2. The second-order valence-electron chi connectivity index (χ2n) is 13.8. The SMILES string of the molecule is C/C(=C\Cc1c(C2CC(=O)c3c(cc(C)c(CCC(C)(C)OCC(=O)O)c3C)O2)ccc2c1OCO2)CCCC(C)(C)OCC(=O)O. The molecule has 1 unspecified atom stereocenters. The summed E-state index contributed by atoms with van der Waals surface area (Å²) in [6.07, 6.45) is 6.06. The van der Waals surface area contributed by atoms with Crippen molar-refractivity contribution in [3.05, 3.63) is 63.2 Å². The first-order valence-electron chi connectivity index (χ1n) is 16.2. The van der Waals surface area contributed by atoms with E-state index in [1.807, 2.05) is 59.7 Å². The Balaban J connectivity index is 1.51. The number of benzene rings is 2. The number of rotatable bonds is 16. The Morgan fingerprint density at radius 2 is 1.62 bits per heavy atom. The summed E-state index contributed by atoms with van der Waals surface area (Å²) >= 11 is 0. The summed E-state index contributed by atoms with van der Waals surface area (Å²) in [5.74, 6) is -0.0630. The molecule has 0 saturated heterocycles. The number of aliphatic carboxylic acids is 2. The molecule has 0 bridgehead atoms. The maximum absolute atomic E-state index is 13.7. The number of hydrogen-bond acceptors (Lipinski definition) is 8. The van der Waals surface area contributed by atoms with E-state index >= 15 is 0 Å². The van der Waals surface area contributed by atoms with Gasteiger partial charge in [0.05, 0.1) is 23.2 Å². The number of hydrogen-bond donors (Lipinski definition) is 2. The van der Waals surface area contributed by atoms with E-state index in [0.29, 0.717) is 42.1 Å². The minimum Gasteiger partial charge on any atom is -0.484 e. The molecule has 2 heterocycles. The quantitative estimate of drug-likeness (QED) is 0.181. The van der Waals surface area contributed by atoms with E-state index in [4.69, 9.17) is 33.9 Å². The van der Waals surface area contributed by atoms with Crippen LogP contribution in [-0.2, 0) is 31.9 Å². The molecule has 1 atom stereocenters. The molecule has 10 heteroatoms. The smallest absolute Gasteiger partial charge is 0.329 e. The van der Waals surface area contributed by atoms with Crippen molar-refractivity contribution in [3.63, 3.8) is 0 Å². The number of Topliss-reactive ketones (excluding diaryl/α,β-unsaturated/α-hetero) is 1. The van der Waals surface area contributed by atoms with Crippen molar-refractivity contribution in [1.29, 1.82) is 0 Å². The summed E-state index contributed by atoms with van der Waals surface area (Å²) in [4.78, 5) is 35.6. The average molecular weight is 653 g/mol. The number of fused-ring (bicyclic) bond motifs is 2. The van der Waals surface area contributed by atoms with Crippen molar-refractivity contribution in [3.8, 4) is 17.2 Å². The molecule has 0 aromatic heterocycles. The fraction of sp³-hybridized carbons (Fsp3) is 0.541. The summed E-state index contributed by atoms with van der Waals surface area (Å²) < 4.78 is 29.3. The van der Waals surface area contributed by atoms with Crippen molar-refractivity contribution in [2.75, 3.05) is 20.0 Å².